The van der Waals surface area contributed by atoms with Gasteiger partial charge in [0.15, 0.2) is 11.0 Å². The predicted molar refractivity (Wildman–Crippen MR) is 111 cm³/mol. The predicted octanol–water partition coefficient (Wildman–Crippen LogP) is 4.97. The minimum absolute atomic E-state index is 0.212. The summed E-state index contributed by atoms with van der Waals surface area (Å²) in [5.41, 5.74) is 1.70. The number of aromatic amines is 1. The van der Waals surface area contributed by atoms with Crippen LogP contribution in [-0.2, 0) is 4.79 Å². The topological polar surface area (TPSA) is 99.8 Å². The number of fused-ring (bicyclic) bond motifs is 1. The number of thiazole rings is 1. The molecule has 3 N–H and O–H groups in total. The molecule has 2 heterocycles. The molecule has 4 aromatic rings. The van der Waals surface area contributed by atoms with Gasteiger partial charge in [0.25, 0.3) is 12.3 Å². The zero-order valence-corrected chi connectivity index (χ0v) is 16.7. The van der Waals surface area contributed by atoms with E-state index in [0.717, 1.165) is 11.3 Å². The lowest BCUT2D eigenvalue weighted by atomic mass is 10.1. The fourth-order valence-corrected chi connectivity index (χ4v) is 3.61. The van der Waals surface area contributed by atoms with Crippen molar-refractivity contribution in [1.82, 2.24) is 15.0 Å². The van der Waals surface area contributed by atoms with Crippen molar-refractivity contribution in [3.63, 3.8) is 0 Å². The van der Waals surface area contributed by atoms with Crippen molar-refractivity contribution >= 4 is 45.0 Å². The van der Waals surface area contributed by atoms with Crippen LogP contribution in [0.1, 0.15) is 29.5 Å². The van der Waals surface area contributed by atoms with Crippen LogP contribution in [0.15, 0.2) is 41.8 Å². The lowest BCUT2D eigenvalue weighted by molar-refractivity contribution is -0.114. The Balaban J connectivity index is 1.51. The third kappa shape index (κ3) is 4.40. The molecule has 0 spiro atoms. The number of hydrogen-bond acceptors (Lipinski definition) is 5. The van der Waals surface area contributed by atoms with E-state index < -0.39 is 24.0 Å². The van der Waals surface area contributed by atoms with Gasteiger partial charge in [-0.3, -0.25) is 14.9 Å². The summed E-state index contributed by atoms with van der Waals surface area (Å²) >= 11 is 1.10. The van der Waals surface area contributed by atoms with Gasteiger partial charge in [-0.15, -0.1) is 11.3 Å². The van der Waals surface area contributed by atoms with Crippen molar-refractivity contribution < 1.29 is 22.8 Å². The first-order chi connectivity index (χ1) is 14.8. The number of nitrogens with zero attached hydrogens (tertiary/aromatic N) is 2. The van der Waals surface area contributed by atoms with Crippen molar-refractivity contribution in [1.29, 1.82) is 0 Å². The van der Waals surface area contributed by atoms with Gasteiger partial charge >= 0.3 is 0 Å². The van der Waals surface area contributed by atoms with Crippen LogP contribution >= 0.6 is 11.3 Å². The number of aromatic nitrogens is 3. The second-order valence-electron chi connectivity index (χ2n) is 6.52. The summed E-state index contributed by atoms with van der Waals surface area (Å²) in [7, 11) is 0. The number of halogens is 3. The summed E-state index contributed by atoms with van der Waals surface area (Å²) in [4.78, 5) is 34.1. The molecule has 0 atom stereocenters. The third-order valence-corrected chi connectivity index (χ3v) is 5.02. The monoisotopic (exact) mass is 445 g/mol. The second kappa shape index (κ2) is 8.19. The maximum absolute atomic E-state index is 14.4. The van der Waals surface area contributed by atoms with Crippen LogP contribution in [0.3, 0.4) is 0 Å². The van der Waals surface area contributed by atoms with Gasteiger partial charge in [-0.05, 0) is 36.4 Å². The quantitative estimate of drug-likeness (QED) is 0.404. The molecule has 2 aromatic heterocycles. The molecule has 0 bridgehead atoms. The van der Waals surface area contributed by atoms with Crippen molar-refractivity contribution in [2.45, 2.75) is 13.3 Å². The number of H-pyrrole nitrogens is 1. The molecule has 2 aromatic carbocycles. The van der Waals surface area contributed by atoms with Gasteiger partial charge in [0.2, 0.25) is 5.91 Å². The van der Waals surface area contributed by atoms with Gasteiger partial charge in [0.05, 0.1) is 16.7 Å². The summed E-state index contributed by atoms with van der Waals surface area (Å²) in [5.74, 6) is -1.86. The summed E-state index contributed by atoms with van der Waals surface area (Å²) in [6.07, 6.45) is -2.74. The maximum Gasteiger partial charge on any atom is 0.295 e. The first kappa shape index (κ1) is 20.5. The standard InChI is InChI=1S/C20H14F3N5O2S/c1-9(29)24-11-3-4-12(13(21)7-11)16-8-31-20(27-16)28-19(30)10-2-5-14-15(6-10)26-18(25-14)17(22)23/h2-8,17H,1H3,(H,24,29)(H,25,26)(H,27,28,30). The van der Waals surface area contributed by atoms with E-state index in [0.29, 0.717) is 22.4 Å². The maximum atomic E-state index is 14.4. The highest BCUT2D eigenvalue weighted by Gasteiger charge is 2.16. The number of benzene rings is 2. The van der Waals surface area contributed by atoms with Gasteiger partial charge in [0, 0.05) is 29.1 Å². The van der Waals surface area contributed by atoms with Crippen LogP contribution in [0.2, 0.25) is 0 Å². The third-order valence-electron chi connectivity index (χ3n) is 4.26. The molecular formula is C20H14F3N5O2S. The highest BCUT2D eigenvalue weighted by atomic mass is 32.1. The lowest BCUT2D eigenvalue weighted by Gasteiger charge is -2.05. The second-order valence-corrected chi connectivity index (χ2v) is 7.38. The first-order valence-corrected chi connectivity index (χ1v) is 9.80. The van der Waals surface area contributed by atoms with Crippen molar-refractivity contribution in [3.05, 3.63) is 59.0 Å². The number of carbonyl (C=O) groups excluding carboxylic acids is 2. The Hall–Kier alpha value is -3.73. The molecule has 0 saturated heterocycles. The van der Waals surface area contributed by atoms with Gasteiger partial charge < -0.3 is 10.3 Å². The summed E-state index contributed by atoms with van der Waals surface area (Å²) in [5, 5.41) is 6.92. The Morgan fingerprint density at radius 1 is 1.10 bits per heavy atom. The zero-order chi connectivity index (χ0) is 22.1. The Morgan fingerprint density at radius 2 is 1.90 bits per heavy atom. The molecule has 11 heteroatoms. The average molecular weight is 445 g/mol. The minimum atomic E-state index is -2.74. The molecular weight excluding hydrogens is 431 g/mol. The van der Waals surface area contributed by atoms with Gasteiger partial charge in [-0.1, -0.05) is 0 Å². The number of carbonyl (C=O) groups is 2. The molecule has 0 saturated carbocycles. The van der Waals surface area contributed by atoms with Crippen molar-refractivity contribution in [2.75, 3.05) is 10.6 Å². The molecule has 2 amide bonds. The van der Waals surface area contributed by atoms with E-state index in [4.69, 9.17) is 0 Å². The molecule has 0 fully saturated rings. The van der Waals surface area contributed by atoms with E-state index in [-0.39, 0.29) is 22.2 Å². The van der Waals surface area contributed by atoms with E-state index in [1.165, 1.54) is 37.3 Å². The fraction of sp³-hybridized carbons (Fsp3) is 0.100. The molecule has 0 radical (unpaired) electrons. The number of nitrogens with one attached hydrogen (secondary N) is 3. The summed E-state index contributed by atoms with van der Waals surface area (Å²) in [6.45, 7) is 1.32. The number of amides is 2. The normalized spacial score (nSPS) is 11.1. The van der Waals surface area contributed by atoms with Crippen LogP contribution in [0.5, 0.6) is 0 Å². The van der Waals surface area contributed by atoms with Crippen molar-refractivity contribution in [2.24, 2.45) is 0 Å². The Morgan fingerprint density at radius 3 is 2.61 bits per heavy atom. The molecule has 0 unspecified atom stereocenters. The number of anilines is 2. The number of alkyl halides is 2. The summed E-state index contributed by atoms with van der Waals surface area (Å²) in [6, 6.07) is 8.55. The highest BCUT2D eigenvalue weighted by molar-refractivity contribution is 7.14. The van der Waals surface area contributed by atoms with Gasteiger partial charge in [-0.2, -0.15) is 0 Å². The molecule has 0 aliphatic rings. The zero-order valence-electron chi connectivity index (χ0n) is 15.9. The van der Waals surface area contributed by atoms with Crippen LogP contribution in [-0.4, -0.2) is 26.8 Å². The smallest absolute Gasteiger partial charge is 0.295 e. The van der Waals surface area contributed by atoms with E-state index >= 15 is 0 Å². The molecule has 7 nitrogen and oxygen atoms in total. The fourth-order valence-electron chi connectivity index (χ4n) is 2.90. The average Bonchev–Trinajstić information content (AvgIpc) is 3.34. The minimum Gasteiger partial charge on any atom is -0.337 e. The highest BCUT2D eigenvalue weighted by Crippen LogP contribution is 2.29. The van der Waals surface area contributed by atoms with Crippen molar-refractivity contribution in [3.8, 4) is 11.3 Å². The molecule has 31 heavy (non-hydrogen) atoms. The number of rotatable bonds is 5. The largest absolute Gasteiger partial charge is 0.337 e. The van der Waals surface area contributed by atoms with Crippen LogP contribution < -0.4 is 10.6 Å². The Labute approximate surface area is 177 Å². The van der Waals surface area contributed by atoms with Gasteiger partial charge in [0.1, 0.15) is 5.82 Å². The van der Waals surface area contributed by atoms with E-state index in [1.54, 1.807) is 11.4 Å². The molecule has 0 aliphatic heterocycles. The lowest BCUT2D eigenvalue weighted by Crippen LogP contribution is -2.11. The Bertz CT molecular complexity index is 1300. The SMILES string of the molecule is CC(=O)Nc1ccc(-c2csc(NC(=O)c3ccc4nc(C(F)F)[nH]c4c3)n2)c(F)c1. The molecule has 0 aliphatic carbocycles. The first-order valence-electron chi connectivity index (χ1n) is 8.92. The number of imidazole rings is 1. The summed E-state index contributed by atoms with van der Waals surface area (Å²) < 4.78 is 39.9. The van der Waals surface area contributed by atoms with Crippen LogP contribution in [0.4, 0.5) is 24.0 Å². The van der Waals surface area contributed by atoms with E-state index in [1.807, 2.05) is 0 Å². The van der Waals surface area contributed by atoms with E-state index in [2.05, 4.69) is 25.6 Å². The van der Waals surface area contributed by atoms with Crippen LogP contribution in [0, 0.1) is 5.82 Å². The van der Waals surface area contributed by atoms with E-state index in [9.17, 15) is 22.8 Å². The molecule has 158 valence electrons. The Kier molecular flexibility index (Phi) is 5.42. The number of hydrogen-bond donors (Lipinski definition) is 3. The molecule has 4 rings (SSSR count). The van der Waals surface area contributed by atoms with Gasteiger partial charge in [-0.25, -0.2) is 23.1 Å². The van der Waals surface area contributed by atoms with Crippen LogP contribution in [0.25, 0.3) is 22.3 Å².